The predicted molar refractivity (Wildman–Crippen MR) is 47.2 cm³/mol. The molecule has 0 spiro atoms. The number of H-pyrrole nitrogens is 1. The first-order valence-corrected chi connectivity index (χ1v) is 3.74. The van der Waals surface area contributed by atoms with Crippen molar-refractivity contribution in [2.45, 2.75) is 6.17 Å². The lowest BCUT2D eigenvalue weighted by Gasteiger charge is -2.12. The molecule has 1 rings (SSSR count). The molecule has 1 unspecified atom stereocenters. The van der Waals surface area contributed by atoms with E-state index >= 15 is 0 Å². The molecule has 0 saturated carbocycles. The molecule has 2 amide bonds. The number of primary amides is 1. The number of nitrogens with two attached hydrogens (primary N) is 1. The number of carbonyl (C=O) groups is 1. The van der Waals surface area contributed by atoms with E-state index in [2.05, 4.69) is 27.4 Å². The fourth-order valence-electron chi connectivity index (χ4n) is 0.760. The summed E-state index contributed by atoms with van der Waals surface area (Å²) in [6.07, 6.45) is 0.889. The van der Waals surface area contributed by atoms with Crippen LogP contribution < -0.4 is 11.1 Å². The zero-order valence-electron chi connectivity index (χ0n) is 6.60. The number of hydrogen-bond donors (Lipinski definition) is 3. The number of amides is 2. The van der Waals surface area contributed by atoms with Crippen LogP contribution in [0.2, 0.25) is 0 Å². The van der Waals surface area contributed by atoms with Crippen molar-refractivity contribution in [3.05, 3.63) is 17.4 Å². The van der Waals surface area contributed by atoms with Crippen LogP contribution in [0.4, 0.5) is 4.79 Å². The molecule has 70 valence electrons. The molecule has 7 nitrogen and oxygen atoms in total. The zero-order chi connectivity index (χ0) is 9.84. The lowest BCUT2D eigenvalue weighted by molar-refractivity contribution is 0.242. The Bertz CT molecular complexity index is 367. The maximum atomic E-state index is 10.5. The van der Waals surface area contributed by atoms with Gasteiger partial charge in [-0.1, -0.05) is 16.9 Å². The van der Waals surface area contributed by atoms with Crippen molar-refractivity contribution < 1.29 is 4.79 Å². The summed E-state index contributed by atoms with van der Waals surface area (Å²) in [5.41, 5.74) is 4.93. The molecule has 0 radical (unpaired) electrons. The van der Waals surface area contributed by atoms with Gasteiger partial charge in [0.05, 0.1) is 0 Å². The molecule has 0 fully saturated rings. The van der Waals surface area contributed by atoms with Gasteiger partial charge < -0.3 is 11.1 Å². The summed E-state index contributed by atoms with van der Waals surface area (Å²) >= 11 is 4.80. The lowest BCUT2D eigenvalue weighted by Crippen LogP contribution is -2.35. The maximum Gasteiger partial charge on any atom is 0.314 e. The van der Waals surface area contributed by atoms with Gasteiger partial charge in [0.2, 0.25) is 4.77 Å². The van der Waals surface area contributed by atoms with Crippen molar-refractivity contribution in [2.75, 3.05) is 0 Å². The van der Waals surface area contributed by atoms with E-state index < -0.39 is 12.2 Å². The van der Waals surface area contributed by atoms with Crippen LogP contribution in [0.3, 0.4) is 0 Å². The third-order valence-corrected chi connectivity index (χ3v) is 1.56. The molecule has 0 bridgehead atoms. The minimum absolute atomic E-state index is 0.207. The number of nitrogens with zero attached hydrogens (tertiary/aromatic N) is 3. The van der Waals surface area contributed by atoms with Crippen molar-refractivity contribution in [3.8, 4) is 0 Å². The largest absolute Gasteiger partial charge is 0.352 e. The average Bonchev–Trinajstić information content (AvgIpc) is 2.47. The van der Waals surface area contributed by atoms with Gasteiger partial charge in [0, 0.05) is 0 Å². The summed E-state index contributed by atoms with van der Waals surface area (Å²) in [7, 11) is 0. The van der Waals surface area contributed by atoms with E-state index in [9.17, 15) is 4.79 Å². The number of aromatic nitrogens is 4. The highest BCUT2D eigenvalue weighted by molar-refractivity contribution is 7.71. The van der Waals surface area contributed by atoms with Gasteiger partial charge in [-0.15, -0.1) is 0 Å². The van der Waals surface area contributed by atoms with Gasteiger partial charge in [-0.3, -0.25) is 0 Å². The molecule has 8 heteroatoms. The molecule has 0 aliphatic rings. The highest BCUT2D eigenvalue weighted by atomic mass is 32.1. The SMILES string of the molecule is C=CC(NC(N)=O)n1[nH]nnc1=S. The second kappa shape index (κ2) is 3.81. The van der Waals surface area contributed by atoms with Crippen LogP contribution in [0.5, 0.6) is 0 Å². The highest BCUT2D eigenvalue weighted by Gasteiger charge is 2.09. The molecule has 1 aromatic rings. The first kappa shape index (κ1) is 9.39. The Kier molecular flexibility index (Phi) is 2.75. The van der Waals surface area contributed by atoms with Gasteiger partial charge >= 0.3 is 6.03 Å². The first-order chi connectivity index (χ1) is 6.15. The van der Waals surface area contributed by atoms with Gasteiger partial charge in [-0.05, 0) is 18.3 Å². The van der Waals surface area contributed by atoms with Crippen LogP contribution in [-0.2, 0) is 0 Å². The Morgan fingerprint density at radius 2 is 2.62 bits per heavy atom. The summed E-state index contributed by atoms with van der Waals surface area (Å²) in [6.45, 7) is 3.50. The Hall–Kier alpha value is -1.70. The topological polar surface area (TPSA) is 102 Å². The van der Waals surface area contributed by atoms with Crippen LogP contribution in [-0.4, -0.2) is 26.2 Å². The highest BCUT2D eigenvalue weighted by Crippen LogP contribution is 1.99. The molecule has 0 aliphatic carbocycles. The molecule has 0 aliphatic heterocycles. The van der Waals surface area contributed by atoms with E-state index in [0.717, 1.165) is 0 Å². The summed E-state index contributed by atoms with van der Waals surface area (Å²) in [5.74, 6) is 0. The lowest BCUT2D eigenvalue weighted by atomic mass is 10.5. The molecular formula is C5H8N6OS. The van der Waals surface area contributed by atoms with Crippen molar-refractivity contribution in [3.63, 3.8) is 0 Å². The van der Waals surface area contributed by atoms with Crippen molar-refractivity contribution >= 4 is 18.2 Å². The summed E-state index contributed by atoms with van der Waals surface area (Å²) in [4.78, 5) is 10.5. The van der Waals surface area contributed by atoms with Crippen molar-refractivity contribution in [1.82, 2.24) is 25.5 Å². The van der Waals surface area contributed by atoms with Gasteiger partial charge in [-0.25, -0.2) is 9.48 Å². The molecule has 1 heterocycles. The minimum atomic E-state index is -0.679. The minimum Gasteiger partial charge on any atom is -0.352 e. The molecule has 13 heavy (non-hydrogen) atoms. The van der Waals surface area contributed by atoms with Crippen molar-refractivity contribution in [2.24, 2.45) is 5.73 Å². The Morgan fingerprint density at radius 1 is 1.92 bits per heavy atom. The van der Waals surface area contributed by atoms with Crippen LogP contribution in [0.25, 0.3) is 0 Å². The molecule has 0 aromatic carbocycles. The van der Waals surface area contributed by atoms with Gasteiger partial charge in [0.15, 0.2) is 0 Å². The summed E-state index contributed by atoms with van der Waals surface area (Å²) < 4.78 is 1.55. The standard InChI is InChI=1S/C5H8N6OS/c1-2-3(7-4(6)12)11-5(13)8-9-10-11/h2-3H,1H2,(H3,6,7,12)(H,8,10,13). The van der Waals surface area contributed by atoms with E-state index in [4.69, 9.17) is 18.0 Å². The number of rotatable bonds is 3. The second-order valence-corrected chi connectivity index (χ2v) is 2.51. The maximum absolute atomic E-state index is 10.5. The molecular weight excluding hydrogens is 192 g/mol. The fourth-order valence-corrected chi connectivity index (χ4v) is 0.955. The number of urea groups is 1. The second-order valence-electron chi connectivity index (χ2n) is 2.14. The molecule has 0 saturated heterocycles. The number of hydrogen-bond acceptors (Lipinski definition) is 4. The normalized spacial score (nSPS) is 12.0. The molecule has 1 aromatic heterocycles. The molecule has 4 N–H and O–H groups in total. The number of carbonyl (C=O) groups excluding carboxylic acids is 1. The predicted octanol–water partition coefficient (Wildman–Crippen LogP) is -0.311. The summed E-state index contributed by atoms with van der Waals surface area (Å²) in [6, 6.07) is -0.679. The number of tetrazole rings is 1. The summed E-state index contributed by atoms with van der Waals surface area (Å²) in [5, 5.41) is 11.8. The smallest absolute Gasteiger partial charge is 0.314 e. The van der Waals surface area contributed by atoms with E-state index in [1.807, 2.05) is 0 Å². The Balaban J connectivity index is 2.91. The van der Waals surface area contributed by atoms with Crippen molar-refractivity contribution in [1.29, 1.82) is 0 Å². The third-order valence-electron chi connectivity index (χ3n) is 1.29. The van der Waals surface area contributed by atoms with E-state index in [0.29, 0.717) is 0 Å². The van der Waals surface area contributed by atoms with E-state index in [1.165, 1.54) is 10.8 Å². The van der Waals surface area contributed by atoms with E-state index in [-0.39, 0.29) is 4.77 Å². The number of nitrogens with one attached hydrogen (secondary N) is 2. The van der Waals surface area contributed by atoms with Gasteiger partial charge in [0.25, 0.3) is 0 Å². The average molecular weight is 200 g/mol. The van der Waals surface area contributed by atoms with Gasteiger partial charge in [0.1, 0.15) is 6.17 Å². The van der Waals surface area contributed by atoms with Gasteiger partial charge in [-0.2, -0.15) is 5.21 Å². The van der Waals surface area contributed by atoms with Crippen LogP contribution in [0.1, 0.15) is 6.17 Å². The third kappa shape index (κ3) is 2.12. The van der Waals surface area contributed by atoms with Crippen LogP contribution in [0, 0.1) is 4.77 Å². The Labute approximate surface area is 78.6 Å². The Morgan fingerprint density at radius 3 is 3.00 bits per heavy atom. The quantitative estimate of drug-likeness (QED) is 0.460. The zero-order valence-corrected chi connectivity index (χ0v) is 7.41. The van der Waals surface area contributed by atoms with Crippen LogP contribution in [0.15, 0.2) is 12.7 Å². The number of aromatic amines is 1. The first-order valence-electron chi connectivity index (χ1n) is 3.33. The fraction of sp³-hybridized carbons (Fsp3) is 0.200. The molecule has 1 atom stereocenters. The van der Waals surface area contributed by atoms with Crippen LogP contribution >= 0.6 is 12.2 Å². The monoisotopic (exact) mass is 200 g/mol. The van der Waals surface area contributed by atoms with E-state index in [1.54, 1.807) is 0 Å².